The summed E-state index contributed by atoms with van der Waals surface area (Å²) in [6, 6.07) is 0. The Kier molecular flexibility index (Phi) is 27.0. The lowest BCUT2D eigenvalue weighted by atomic mass is 9.71. The first-order valence-corrected chi connectivity index (χ1v) is 24.4. The van der Waals surface area contributed by atoms with Gasteiger partial charge in [0, 0.05) is 17.6 Å². The maximum atomic E-state index is 11.9. The van der Waals surface area contributed by atoms with Gasteiger partial charge in [0.05, 0.1) is 0 Å². The molecule has 354 valence electrons. The number of hydrogen-bond donors (Lipinski definition) is 0. The summed E-state index contributed by atoms with van der Waals surface area (Å²) in [7, 11) is 0. The van der Waals surface area contributed by atoms with E-state index in [-0.39, 0.29) is 39.7 Å². The molecule has 0 saturated carbocycles. The highest BCUT2D eigenvalue weighted by Crippen LogP contribution is 2.41. The van der Waals surface area contributed by atoms with Gasteiger partial charge in [-0.2, -0.15) is 0 Å². The van der Waals surface area contributed by atoms with Gasteiger partial charge in [-0.3, -0.25) is 28.8 Å². The van der Waals surface area contributed by atoms with Crippen LogP contribution in [0.1, 0.15) is 212 Å². The van der Waals surface area contributed by atoms with E-state index in [1.807, 2.05) is 45.9 Å². The molecule has 0 unspecified atom stereocenters. The summed E-state index contributed by atoms with van der Waals surface area (Å²) in [6.07, 6.45) is 38.2. The summed E-state index contributed by atoms with van der Waals surface area (Å²) in [5.74, 6) is 1.48. The quantitative estimate of drug-likeness (QED) is 0.214. The molecule has 6 aliphatic carbocycles. The molecule has 0 saturated heterocycles. The SMILES string of the molecule is C/C=C/C(=O)C1=C(C)C=CCC1(C)C.C/C=C/C(=O)C1=C(C)CCCC1(C)C.CC(=O)C1=C(C)CCC1.CC(=O)C1=CCCC1.CC(=O)C1=CCCCC1.CCC(=O)C1=CCCCC1. The molecule has 6 rings (SSSR count). The average molecular weight is 879 g/mol. The van der Waals surface area contributed by atoms with Gasteiger partial charge in [-0.25, -0.2) is 0 Å². The Balaban J connectivity index is 0.000000389. The van der Waals surface area contributed by atoms with Gasteiger partial charge in [-0.05, 0) is 222 Å². The van der Waals surface area contributed by atoms with E-state index in [0.717, 1.165) is 110 Å². The fourth-order valence-electron chi connectivity index (χ4n) is 9.25. The third kappa shape index (κ3) is 20.7. The zero-order valence-electron chi connectivity index (χ0n) is 42.6. The molecule has 6 aliphatic rings. The Hall–Kier alpha value is -4.32. The molecule has 0 spiro atoms. The van der Waals surface area contributed by atoms with Crippen LogP contribution in [-0.4, -0.2) is 34.7 Å². The van der Waals surface area contributed by atoms with Crippen molar-refractivity contribution in [3.05, 3.63) is 105 Å². The second-order valence-electron chi connectivity index (χ2n) is 19.3. The summed E-state index contributed by atoms with van der Waals surface area (Å²) < 4.78 is 0. The number of hydrogen-bond acceptors (Lipinski definition) is 6. The Morgan fingerprint density at radius 1 is 0.547 bits per heavy atom. The van der Waals surface area contributed by atoms with Gasteiger partial charge in [0.2, 0.25) is 0 Å². The fraction of sp³-hybridized carbons (Fsp3) is 0.586. The Morgan fingerprint density at radius 3 is 1.38 bits per heavy atom. The minimum Gasteiger partial charge on any atom is -0.295 e. The molecule has 0 atom stereocenters. The first-order valence-electron chi connectivity index (χ1n) is 24.4. The van der Waals surface area contributed by atoms with Crippen molar-refractivity contribution in [1.82, 2.24) is 0 Å². The molecule has 0 aromatic carbocycles. The molecule has 0 aliphatic heterocycles. The summed E-state index contributed by atoms with van der Waals surface area (Å²) in [6.45, 7) is 25.4. The van der Waals surface area contributed by atoms with Crippen LogP contribution in [0.25, 0.3) is 0 Å². The third-order valence-electron chi connectivity index (χ3n) is 12.8. The number of rotatable bonds is 9. The van der Waals surface area contributed by atoms with E-state index in [4.69, 9.17) is 0 Å². The van der Waals surface area contributed by atoms with Crippen LogP contribution in [0, 0.1) is 10.8 Å². The third-order valence-corrected chi connectivity index (χ3v) is 12.8. The topological polar surface area (TPSA) is 102 Å². The zero-order chi connectivity index (χ0) is 48.5. The Bertz CT molecular complexity index is 1920. The van der Waals surface area contributed by atoms with Gasteiger partial charge in [0.1, 0.15) is 0 Å². The van der Waals surface area contributed by atoms with Gasteiger partial charge in [0.15, 0.2) is 34.7 Å². The van der Waals surface area contributed by atoms with Crippen molar-refractivity contribution in [3.8, 4) is 0 Å². The minimum absolute atomic E-state index is 0.0184. The molecule has 0 fully saturated rings. The molecule has 6 heteroatoms. The number of ketones is 6. The van der Waals surface area contributed by atoms with E-state index in [1.165, 1.54) is 56.1 Å². The lowest BCUT2D eigenvalue weighted by molar-refractivity contribution is -0.116. The number of allylic oxidation sites excluding steroid dienone is 18. The molecule has 0 N–H and O–H groups in total. The van der Waals surface area contributed by atoms with E-state index in [0.29, 0.717) is 12.2 Å². The van der Waals surface area contributed by atoms with Crippen LogP contribution < -0.4 is 0 Å². The standard InChI is InChI=1S/C13H20O.C13H18O.C9H14O.2C8H12O.C7H10O/c2*1-5-7-11(14)12-10(2)8-6-9-13(12,3)4;1-2-9(10)8-6-4-3-5-7-8;1-6-4-3-5-8(6)7(2)9;1-7(9)8-5-3-2-4-6-8;1-6(8)7-4-2-3-5-7/h5,7H,6,8-9H2,1-4H3;5-8H,9H2,1-4H3;6H,2-5,7H2,1H3;3-5H2,1-2H3;5H,2-4,6H2,1H3;4H,2-3,5H2,1H3/b2*7-5+;;;;. The highest BCUT2D eigenvalue weighted by Gasteiger charge is 2.32. The summed E-state index contributed by atoms with van der Waals surface area (Å²) in [4.78, 5) is 66.9. The molecule has 0 aromatic rings. The Morgan fingerprint density at radius 2 is 1.03 bits per heavy atom. The van der Waals surface area contributed by atoms with Crippen molar-refractivity contribution < 1.29 is 28.8 Å². The van der Waals surface area contributed by atoms with Gasteiger partial charge < -0.3 is 0 Å². The van der Waals surface area contributed by atoms with Gasteiger partial charge >= 0.3 is 0 Å². The van der Waals surface area contributed by atoms with Crippen LogP contribution in [-0.2, 0) is 28.8 Å². The maximum absolute atomic E-state index is 11.9. The minimum atomic E-state index is -0.0184. The normalized spacial score (nSPS) is 19.7. The summed E-state index contributed by atoms with van der Waals surface area (Å²) in [5, 5.41) is 0. The first kappa shape index (κ1) is 57.7. The monoisotopic (exact) mass is 879 g/mol. The molecular formula is C58H86O6. The number of carbonyl (C=O) groups is 6. The molecule has 6 nitrogen and oxygen atoms in total. The molecule has 0 aromatic heterocycles. The van der Waals surface area contributed by atoms with Crippen LogP contribution >= 0.6 is 0 Å². The van der Waals surface area contributed by atoms with Gasteiger partial charge in [-0.15, -0.1) is 0 Å². The smallest absolute Gasteiger partial charge is 0.182 e. The molecule has 0 radical (unpaired) electrons. The summed E-state index contributed by atoms with van der Waals surface area (Å²) in [5.41, 5.74) is 9.97. The van der Waals surface area contributed by atoms with Crippen LogP contribution in [0.3, 0.4) is 0 Å². The van der Waals surface area contributed by atoms with Crippen molar-refractivity contribution >= 4 is 34.7 Å². The van der Waals surface area contributed by atoms with Crippen LogP contribution in [0.5, 0.6) is 0 Å². The predicted octanol–water partition coefficient (Wildman–Crippen LogP) is 15.4. The van der Waals surface area contributed by atoms with Crippen molar-refractivity contribution in [1.29, 1.82) is 0 Å². The second-order valence-corrected chi connectivity index (χ2v) is 19.3. The van der Waals surface area contributed by atoms with Crippen molar-refractivity contribution in [2.75, 3.05) is 0 Å². The van der Waals surface area contributed by atoms with Crippen LogP contribution in [0.15, 0.2) is 105 Å². The van der Waals surface area contributed by atoms with E-state index < -0.39 is 0 Å². The van der Waals surface area contributed by atoms with E-state index >= 15 is 0 Å². The van der Waals surface area contributed by atoms with E-state index in [9.17, 15) is 28.8 Å². The van der Waals surface area contributed by atoms with Crippen LogP contribution in [0.2, 0.25) is 0 Å². The lowest BCUT2D eigenvalue weighted by Gasteiger charge is -2.32. The Labute approximate surface area is 389 Å². The molecule has 64 heavy (non-hydrogen) atoms. The van der Waals surface area contributed by atoms with Crippen molar-refractivity contribution in [2.45, 2.75) is 212 Å². The summed E-state index contributed by atoms with van der Waals surface area (Å²) >= 11 is 0. The fourth-order valence-corrected chi connectivity index (χ4v) is 9.25. The van der Waals surface area contributed by atoms with E-state index in [1.54, 1.807) is 39.0 Å². The second kappa shape index (κ2) is 30.0. The van der Waals surface area contributed by atoms with E-state index in [2.05, 4.69) is 59.8 Å². The molecular weight excluding hydrogens is 793 g/mol. The lowest BCUT2D eigenvalue weighted by Crippen LogP contribution is -2.25. The average Bonchev–Trinajstić information content (AvgIpc) is 3.95. The first-order chi connectivity index (χ1) is 30.1. The largest absolute Gasteiger partial charge is 0.295 e. The molecule has 0 heterocycles. The molecule has 0 amide bonds. The number of carbonyl (C=O) groups excluding carboxylic acids is 6. The van der Waals surface area contributed by atoms with Crippen molar-refractivity contribution in [2.24, 2.45) is 10.8 Å². The highest BCUT2D eigenvalue weighted by atomic mass is 16.1. The van der Waals surface area contributed by atoms with Crippen LogP contribution in [0.4, 0.5) is 0 Å². The van der Waals surface area contributed by atoms with Gasteiger partial charge in [0.25, 0.3) is 0 Å². The highest BCUT2D eigenvalue weighted by molar-refractivity contribution is 6.06. The maximum Gasteiger partial charge on any atom is 0.182 e. The number of Topliss-reactive ketones (excluding diaryl/α,β-unsaturated/α-hetero) is 4. The zero-order valence-corrected chi connectivity index (χ0v) is 42.6. The van der Waals surface area contributed by atoms with Crippen molar-refractivity contribution in [3.63, 3.8) is 0 Å². The van der Waals surface area contributed by atoms with Gasteiger partial charge in [-0.1, -0.05) is 88.3 Å². The molecule has 0 bridgehead atoms. The predicted molar refractivity (Wildman–Crippen MR) is 269 cm³/mol.